The third kappa shape index (κ3) is 3.64. The summed E-state index contributed by atoms with van der Waals surface area (Å²) in [4.78, 5) is 31.2. The first-order valence-electron chi connectivity index (χ1n) is 8.22. The van der Waals surface area contributed by atoms with E-state index in [9.17, 15) is 9.59 Å². The van der Waals surface area contributed by atoms with E-state index in [0.29, 0.717) is 16.7 Å². The van der Waals surface area contributed by atoms with Gasteiger partial charge in [-0.2, -0.15) is 5.26 Å². The Labute approximate surface area is 150 Å². The molecule has 0 bridgehead atoms. The minimum atomic E-state index is -0.271. The molecule has 0 aliphatic carbocycles. The molecule has 0 spiro atoms. The molecule has 1 aromatic carbocycles. The minimum absolute atomic E-state index is 0.137. The first-order valence-corrected chi connectivity index (χ1v) is 8.22. The summed E-state index contributed by atoms with van der Waals surface area (Å²) >= 11 is 0. The van der Waals surface area contributed by atoms with Gasteiger partial charge in [-0.3, -0.25) is 14.2 Å². The molecule has 0 atom stereocenters. The molecule has 0 aliphatic rings. The Bertz CT molecular complexity index is 1020. The average Bonchev–Trinajstić information content (AvgIpc) is 3.14. The van der Waals surface area contributed by atoms with Crippen molar-refractivity contribution in [3.05, 3.63) is 64.6 Å². The van der Waals surface area contributed by atoms with Crippen LogP contribution in [0.15, 0.2) is 52.1 Å². The lowest BCUT2D eigenvalue weighted by Crippen LogP contribution is -2.36. The van der Waals surface area contributed by atoms with Crippen molar-refractivity contribution in [1.82, 2.24) is 14.5 Å². The predicted octanol–water partition coefficient (Wildman–Crippen LogP) is 2.24. The zero-order valence-electron chi connectivity index (χ0n) is 14.4. The molecule has 7 nitrogen and oxygen atoms in total. The lowest BCUT2D eigenvalue weighted by Gasteiger charge is -2.21. The fraction of sp³-hybridized carbons (Fsp3) is 0.263. The summed E-state index contributed by atoms with van der Waals surface area (Å²) in [6.07, 6.45) is 3.13. The van der Waals surface area contributed by atoms with Gasteiger partial charge in [0.1, 0.15) is 12.3 Å². The number of amides is 1. The molecule has 0 saturated carbocycles. The van der Waals surface area contributed by atoms with Crippen LogP contribution in [0.2, 0.25) is 0 Å². The Kier molecular flexibility index (Phi) is 5.13. The van der Waals surface area contributed by atoms with Crippen molar-refractivity contribution in [1.29, 1.82) is 5.26 Å². The first-order chi connectivity index (χ1) is 12.6. The van der Waals surface area contributed by atoms with Crippen LogP contribution < -0.4 is 5.56 Å². The predicted molar refractivity (Wildman–Crippen MR) is 95.1 cm³/mol. The van der Waals surface area contributed by atoms with E-state index in [0.717, 1.165) is 5.56 Å². The van der Waals surface area contributed by atoms with Gasteiger partial charge in [0.2, 0.25) is 5.91 Å². The molecular weight excluding hydrogens is 332 g/mol. The zero-order chi connectivity index (χ0) is 18.5. The summed E-state index contributed by atoms with van der Waals surface area (Å²) in [6.45, 7) is 2.27. The number of benzene rings is 1. The molecule has 132 valence electrons. The van der Waals surface area contributed by atoms with E-state index in [1.807, 2.05) is 19.1 Å². The van der Waals surface area contributed by atoms with E-state index in [1.54, 1.807) is 24.3 Å². The molecule has 0 saturated heterocycles. The van der Waals surface area contributed by atoms with E-state index >= 15 is 0 Å². The Morgan fingerprint density at radius 2 is 2.19 bits per heavy atom. The average molecular weight is 350 g/mol. The number of aryl methyl sites for hydroxylation is 1. The largest absolute Gasteiger partial charge is 0.467 e. The van der Waals surface area contributed by atoms with Crippen molar-refractivity contribution in [2.75, 3.05) is 6.54 Å². The SMILES string of the molecule is Cc1cccc2c(=O)n(CC(=O)N(CCC#N)Cc3ccco3)cnc12. The van der Waals surface area contributed by atoms with Crippen LogP contribution >= 0.6 is 0 Å². The second-order valence-corrected chi connectivity index (χ2v) is 5.95. The Morgan fingerprint density at radius 1 is 1.35 bits per heavy atom. The Balaban J connectivity index is 1.84. The molecule has 0 N–H and O–H groups in total. The quantitative estimate of drug-likeness (QED) is 0.680. The lowest BCUT2D eigenvalue weighted by molar-refractivity contribution is -0.132. The van der Waals surface area contributed by atoms with E-state index in [2.05, 4.69) is 4.98 Å². The molecule has 1 amide bonds. The summed E-state index contributed by atoms with van der Waals surface area (Å²) in [6, 6.07) is 10.9. The summed E-state index contributed by atoms with van der Waals surface area (Å²) in [5.41, 5.74) is 1.29. The highest BCUT2D eigenvalue weighted by molar-refractivity contribution is 5.81. The zero-order valence-corrected chi connectivity index (χ0v) is 14.4. The van der Waals surface area contributed by atoms with E-state index in [-0.39, 0.29) is 37.5 Å². The smallest absolute Gasteiger partial charge is 0.261 e. The fourth-order valence-electron chi connectivity index (χ4n) is 2.76. The lowest BCUT2D eigenvalue weighted by atomic mass is 10.1. The van der Waals surface area contributed by atoms with Crippen LogP contribution in [0, 0.1) is 18.3 Å². The number of para-hydroxylation sites is 1. The summed E-state index contributed by atoms with van der Waals surface area (Å²) in [7, 11) is 0. The van der Waals surface area contributed by atoms with Gasteiger partial charge in [0.25, 0.3) is 5.56 Å². The normalized spacial score (nSPS) is 10.6. The van der Waals surface area contributed by atoms with Crippen LogP contribution in [0.1, 0.15) is 17.7 Å². The molecular formula is C19H18N4O3. The summed E-state index contributed by atoms with van der Waals surface area (Å²) in [5, 5.41) is 9.31. The van der Waals surface area contributed by atoms with Crippen molar-refractivity contribution < 1.29 is 9.21 Å². The van der Waals surface area contributed by atoms with Crippen LogP contribution in [-0.2, 0) is 17.9 Å². The molecule has 0 radical (unpaired) electrons. The van der Waals surface area contributed by atoms with Gasteiger partial charge >= 0.3 is 0 Å². The second-order valence-electron chi connectivity index (χ2n) is 5.95. The standard InChI is InChI=1S/C19H18N4O3/c1-14-5-2-7-16-18(14)21-13-23(19(16)25)12-17(24)22(9-4-8-20)11-15-6-3-10-26-15/h2-3,5-7,10,13H,4,9,11-12H2,1H3. The summed E-state index contributed by atoms with van der Waals surface area (Å²) in [5.74, 6) is 0.350. The van der Waals surface area contributed by atoms with Gasteiger partial charge < -0.3 is 9.32 Å². The van der Waals surface area contributed by atoms with Crippen LogP contribution in [0.25, 0.3) is 10.9 Å². The molecule has 0 fully saturated rings. The van der Waals surface area contributed by atoms with Gasteiger partial charge in [-0.15, -0.1) is 0 Å². The molecule has 2 aromatic heterocycles. The third-order valence-electron chi connectivity index (χ3n) is 4.13. The topological polar surface area (TPSA) is 92.1 Å². The van der Waals surface area contributed by atoms with Crippen molar-refractivity contribution >= 4 is 16.8 Å². The van der Waals surface area contributed by atoms with Crippen LogP contribution in [-0.4, -0.2) is 26.9 Å². The number of nitriles is 1. The molecule has 2 heterocycles. The van der Waals surface area contributed by atoms with Gasteiger partial charge in [0.05, 0.1) is 42.5 Å². The molecule has 3 rings (SSSR count). The number of nitrogens with zero attached hydrogens (tertiary/aromatic N) is 4. The fourth-order valence-corrected chi connectivity index (χ4v) is 2.76. The number of hydrogen-bond donors (Lipinski definition) is 0. The maximum atomic E-state index is 12.7. The van der Waals surface area contributed by atoms with Crippen LogP contribution in [0.3, 0.4) is 0 Å². The highest BCUT2D eigenvalue weighted by Crippen LogP contribution is 2.12. The number of furan rings is 1. The number of carbonyl (C=O) groups is 1. The van der Waals surface area contributed by atoms with Crippen LogP contribution in [0.4, 0.5) is 0 Å². The highest BCUT2D eigenvalue weighted by atomic mass is 16.3. The maximum Gasteiger partial charge on any atom is 0.261 e. The Hall–Kier alpha value is -3.40. The number of fused-ring (bicyclic) bond motifs is 1. The monoisotopic (exact) mass is 350 g/mol. The number of aromatic nitrogens is 2. The maximum absolute atomic E-state index is 12.7. The van der Waals surface area contributed by atoms with Crippen molar-refractivity contribution in [2.24, 2.45) is 0 Å². The van der Waals surface area contributed by atoms with Gasteiger partial charge in [-0.1, -0.05) is 12.1 Å². The molecule has 0 unspecified atom stereocenters. The van der Waals surface area contributed by atoms with Gasteiger partial charge in [-0.05, 0) is 30.7 Å². The van der Waals surface area contributed by atoms with Crippen molar-refractivity contribution in [3.8, 4) is 6.07 Å². The molecule has 3 aromatic rings. The van der Waals surface area contributed by atoms with Crippen molar-refractivity contribution in [2.45, 2.75) is 26.4 Å². The molecule has 7 heteroatoms. The third-order valence-corrected chi connectivity index (χ3v) is 4.13. The molecule has 0 aliphatic heterocycles. The molecule has 26 heavy (non-hydrogen) atoms. The first kappa shape index (κ1) is 17.4. The number of carbonyl (C=O) groups excluding carboxylic acids is 1. The second kappa shape index (κ2) is 7.66. The van der Waals surface area contributed by atoms with Crippen molar-refractivity contribution in [3.63, 3.8) is 0 Å². The van der Waals surface area contributed by atoms with Gasteiger partial charge in [0.15, 0.2) is 0 Å². The Morgan fingerprint density at radius 3 is 2.92 bits per heavy atom. The number of hydrogen-bond acceptors (Lipinski definition) is 5. The van der Waals surface area contributed by atoms with Crippen LogP contribution in [0.5, 0.6) is 0 Å². The number of rotatable bonds is 6. The summed E-state index contributed by atoms with van der Waals surface area (Å²) < 4.78 is 6.58. The van der Waals surface area contributed by atoms with E-state index in [1.165, 1.54) is 22.1 Å². The van der Waals surface area contributed by atoms with E-state index in [4.69, 9.17) is 9.68 Å². The van der Waals surface area contributed by atoms with Gasteiger partial charge in [0, 0.05) is 6.54 Å². The van der Waals surface area contributed by atoms with E-state index < -0.39 is 0 Å². The minimum Gasteiger partial charge on any atom is -0.467 e. The highest BCUT2D eigenvalue weighted by Gasteiger charge is 2.17. The van der Waals surface area contributed by atoms with Gasteiger partial charge in [-0.25, -0.2) is 4.98 Å².